The van der Waals surface area contributed by atoms with Crippen molar-refractivity contribution in [1.29, 1.82) is 0 Å². The number of hydrogen-bond donors (Lipinski definition) is 1. The normalized spacial score (nSPS) is 14.4. The number of benzene rings is 2. The summed E-state index contributed by atoms with van der Waals surface area (Å²) in [6.45, 7) is 5.99. The van der Waals surface area contributed by atoms with Crippen LogP contribution in [0.25, 0.3) is 0 Å². The maximum Gasteiger partial charge on any atom is 0.255 e. The molecule has 0 radical (unpaired) electrons. The van der Waals surface area contributed by atoms with Crippen LogP contribution in [-0.2, 0) is 0 Å². The molecular formula is C21H25ClN2O2. The number of anilines is 2. The molecule has 1 N–H and O–H groups in total. The largest absolute Gasteiger partial charge is 0.491 e. The van der Waals surface area contributed by atoms with Gasteiger partial charge in [-0.05, 0) is 69.5 Å². The zero-order chi connectivity index (χ0) is 18.5. The van der Waals surface area contributed by atoms with Crippen molar-refractivity contribution in [1.82, 2.24) is 0 Å². The van der Waals surface area contributed by atoms with Crippen molar-refractivity contribution in [3.8, 4) is 5.75 Å². The van der Waals surface area contributed by atoms with E-state index in [0.29, 0.717) is 22.0 Å². The lowest BCUT2D eigenvalue weighted by Gasteiger charge is -2.29. The highest BCUT2D eigenvalue weighted by atomic mass is 35.5. The number of nitrogens with one attached hydrogen (secondary N) is 1. The Balaban J connectivity index is 1.70. The molecule has 1 heterocycles. The maximum atomic E-state index is 12.5. The van der Waals surface area contributed by atoms with Gasteiger partial charge in [-0.15, -0.1) is 0 Å². The summed E-state index contributed by atoms with van der Waals surface area (Å²) in [4.78, 5) is 14.8. The van der Waals surface area contributed by atoms with Gasteiger partial charge in [0.2, 0.25) is 0 Å². The standard InChI is InChI=1S/C21H25ClN2O2/c1-15(2)26-18-8-6-7-16(13-18)21(25)23-17-9-10-20(19(22)14-17)24-11-4-3-5-12-24/h6-10,13-15H,3-5,11-12H2,1-2H3,(H,23,25). The molecule has 1 aliphatic rings. The topological polar surface area (TPSA) is 41.6 Å². The van der Waals surface area contributed by atoms with Crippen LogP contribution in [0.3, 0.4) is 0 Å². The number of rotatable bonds is 5. The summed E-state index contributed by atoms with van der Waals surface area (Å²) in [6.07, 6.45) is 3.74. The Labute approximate surface area is 160 Å². The highest BCUT2D eigenvalue weighted by Crippen LogP contribution is 2.31. The Kier molecular flexibility index (Phi) is 6.04. The summed E-state index contributed by atoms with van der Waals surface area (Å²) in [5, 5.41) is 3.58. The van der Waals surface area contributed by atoms with E-state index in [9.17, 15) is 4.79 Å². The Morgan fingerprint density at radius 1 is 1.12 bits per heavy atom. The van der Waals surface area contributed by atoms with Gasteiger partial charge in [0.1, 0.15) is 5.75 Å². The molecule has 4 nitrogen and oxygen atoms in total. The average molecular weight is 373 g/mol. The summed E-state index contributed by atoms with van der Waals surface area (Å²) in [6, 6.07) is 12.9. The second-order valence-electron chi connectivity index (χ2n) is 6.86. The van der Waals surface area contributed by atoms with E-state index < -0.39 is 0 Å². The molecule has 1 fully saturated rings. The Hall–Kier alpha value is -2.20. The van der Waals surface area contributed by atoms with Gasteiger partial charge in [-0.3, -0.25) is 4.79 Å². The second-order valence-corrected chi connectivity index (χ2v) is 7.27. The fourth-order valence-electron chi connectivity index (χ4n) is 3.16. The van der Waals surface area contributed by atoms with Crippen LogP contribution >= 0.6 is 11.6 Å². The molecule has 0 atom stereocenters. The van der Waals surface area contributed by atoms with Gasteiger partial charge >= 0.3 is 0 Å². The molecule has 138 valence electrons. The fraction of sp³-hybridized carbons (Fsp3) is 0.381. The smallest absolute Gasteiger partial charge is 0.255 e. The van der Waals surface area contributed by atoms with Crippen molar-refractivity contribution in [2.45, 2.75) is 39.2 Å². The molecule has 0 saturated carbocycles. The molecule has 0 aromatic heterocycles. The molecule has 0 aliphatic carbocycles. The van der Waals surface area contributed by atoms with Gasteiger partial charge in [-0.25, -0.2) is 0 Å². The lowest BCUT2D eigenvalue weighted by Crippen LogP contribution is -2.29. The molecule has 3 rings (SSSR count). The van der Waals surface area contributed by atoms with Crippen LogP contribution in [0, 0.1) is 0 Å². The number of carbonyl (C=O) groups is 1. The molecule has 0 bridgehead atoms. The van der Waals surface area contributed by atoms with Crippen molar-refractivity contribution < 1.29 is 9.53 Å². The van der Waals surface area contributed by atoms with Gasteiger partial charge in [0.05, 0.1) is 16.8 Å². The lowest BCUT2D eigenvalue weighted by atomic mass is 10.1. The minimum atomic E-state index is -0.180. The van der Waals surface area contributed by atoms with Gasteiger partial charge in [0, 0.05) is 24.3 Å². The molecule has 26 heavy (non-hydrogen) atoms. The average Bonchev–Trinajstić information content (AvgIpc) is 2.62. The molecule has 1 amide bonds. The molecule has 1 saturated heterocycles. The van der Waals surface area contributed by atoms with Gasteiger partial charge in [0.15, 0.2) is 0 Å². The first kappa shape index (κ1) is 18.6. The van der Waals surface area contributed by atoms with E-state index >= 15 is 0 Å². The SMILES string of the molecule is CC(C)Oc1cccc(C(=O)Nc2ccc(N3CCCCC3)c(Cl)c2)c1. The van der Waals surface area contributed by atoms with Crippen LogP contribution in [0.15, 0.2) is 42.5 Å². The van der Waals surface area contributed by atoms with Gasteiger partial charge < -0.3 is 15.0 Å². The number of hydrogen-bond acceptors (Lipinski definition) is 3. The predicted octanol–water partition coefficient (Wildman–Crippen LogP) is 5.37. The number of halogens is 1. The number of piperidine rings is 1. The summed E-state index contributed by atoms with van der Waals surface area (Å²) in [7, 11) is 0. The van der Waals surface area contributed by atoms with Gasteiger partial charge in [0.25, 0.3) is 5.91 Å². The number of amides is 1. The molecule has 2 aromatic rings. The van der Waals surface area contributed by atoms with E-state index in [4.69, 9.17) is 16.3 Å². The van der Waals surface area contributed by atoms with Crippen LogP contribution in [-0.4, -0.2) is 25.1 Å². The molecule has 1 aliphatic heterocycles. The van der Waals surface area contributed by atoms with E-state index in [-0.39, 0.29) is 12.0 Å². The summed E-state index contributed by atoms with van der Waals surface area (Å²) in [5.74, 6) is 0.507. The van der Waals surface area contributed by atoms with Crippen molar-refractivity contribution in [2.75, 3.05) is 23.3 Å². The Bertz CT molecular complexity index is 770. The second kappa shape index (κ2) is 8.45. The Morgan fingerprint density at radius 3 is 2.58 bits per heavy atom. The quantitative estimate of drug-likeness (QED) is 0.767. The lowest BCUT2D eigenvalue weighted by molar-refractivity contribution is 0.102. The van der Waals surface area contributed by atoms with Crippen LogP contribution in [0.5, 0.6) is 5.75 Å². The van der Waals surface area contributed by atoms with Crippen LogP contribution in [0.1, 0.15) is 43.5 Å². The van der Waals surface area contributed by atoms with Crippen molar-refractivity contribution in [3.63, 3.8) is 0 Å². The maximum absolute atomic E-state index is 12.5. The first-order valence-corrected chi connectivity index (χ1v) is 9.53. The zero-order valence-corrected chi connectivity index (χ0v) is 16.1. The third kappa shape index (κ3) is 4.70. The first-order valence-electron chi connectivity index (χ1n) is 9.15. The summed E-state index contributed by atoms with van der Waals surface area (Å²) < 4.78 is 5.65. The third-order valence-corrected chi connectivity index (χ3v) is 4.67. The molecular weight excluding hydrogens is 348 g/mol. The highest BCUT2D eigenvalue weighted by molar-refractivity contribution is 6.33. The van der Waals surface area contributed by atoms with E-state index in [2.05, 4.69) is 10.2 Å². The van der Waals surface area contributed by atoms with Gasteiger partial charge in [-0.2, -0.15) is 0 Å². The van der Waals surface area contributed by atoms with Crippen molar-refractivity contribution in [2.24, 2.45) is 0 Å². The number of nitrogens with zero attached hydrogens (tertiary/aromatic N) is 1. The first-order chi connectivity index (χ1) is 12.5. The van der Waals surface area contributed by atoms with Crippen molar-refractivity contribution in [3.05, 3.63) is 53.1 Å². The predicted molar refractivity (Wildman–Crippen MR) is 108 cm³/mol. The van der Waals surface area contributed by atoms with Gasteiger partial charge in [-0.1, -0.05) is 17.7 Å². The molecule has 0 spiro atoms. The summed E-state index contributed by atoms with van der Waals surface area (Å²) >= 11 is 6.46. The van der Waals surface area contributed by atoms with E-state index in [1.807, 2.05) is 44.2 Å². The van der Waals surface area contributed by atoms with Crippen molar-refractivity contribution >= 4 is 28.9 Å². The Morgan fingerprint density at radius 2 is 1.88 bits per heavy atom. The minimum Gasteiger partial charge on any atom is -0.491 e. The number of carbonyl (C=O) groups excluding carboxylic acids is 1. The zero-order valence-electron chi connectivity index (χ0n) is 15.3. The third-order valence-electron chi connectivity index (χ3n) is 4.37. The number of ether oxygens (including phenoxy) is 1. The molecule has 5 heteroatoms. The van der Waals surface area contributed by atoms with E-state index in [0.717, 1.165) is 18.8 Å². The minimum absolute atomic E-state index is 0.0643. The summed E-state index contributed by atoms with van der Waals surface area (Å²) in [5.41, 5.74) is 2.28. The molecule has 2 aromatic carbocycles. The van der Waals surface area contributed by atoms with E-state index in [1.165, 1.54) is 19.3 Å². The molecule has 0 unspecified atom stereocenters. The monoisotopic (exact) mass is 372 g/mol. The van der Waals surface area contributed by atoms with E-state index in [1.54, 1.807) is 12.1 Å². The fourth-order valence-corrected chi connectivity index (χ4v) is 3.46. The van der Waals surface area contributed by atoms with Crippen LogP contribution in [0.2, 0.25) is 5.02 Å². The van der Waals surface area contributed by atoms with Crippen LogP contribution < -0.4 is 15.0 Å². The van der Waals surface area contributed by atoms with Crippen LogP contribution in [0.4, 0.5) is 11.4 Å². The highest BCUT2D eigenvalue weighted by Gasteiger charge is 2.15.